The van der Waals surface area contributed by atoms with Crippen LogP contribution in [0.5, 0.6) is 0 Å². The van der Waals surface area contributed by atoms with Crippen LogP contribution in [0.2, 0.25) is 0 Å². The molecule has 2 N–H and O–H groups in total. The second kappa shape index (κ2) is 16.6. The lowest BCUT2D eigenvalue weighted by Crippen LogP contribution is -3.00. The van der Waals surface area contributed by atoms with Crippen molar-refractivity contribution in [3.05, 3.63) is 30.6 Å². The summed E-state index contributed by atoms with van der Waals surface area (Å²) in [6, 6.07) is 6.29. The molecule has 0 atom stereocenters. The zero-order valence-corrected chi connectivity index (χ0v) is 14.6. The number of halogens is 1. The molecule has 1 heterocycles. The third-order valence-electron chi connectivity index (χ3n) is 3.55. The zero-order valence-electron chi connectivity index (χ0n) is 13.0. The quantitative estimate of drug-likeness (QED) is 0.425. The minimum Gasteiger partial charge on any atom is -1.00 e. The van der Waals surface area contributed by atoms with E-state index in [-0.39, 0.29) is 22.5 Å². The summed E-state index contributed by atoms with van der Waals surface area (Å²) in [7, 11) is 0. The maximum absolute atomic E-state index is 2.28. The first-order chi connectivity index (χ1) is 8.93. The maximum Gasteiger partial charge on any atom is 0.168 e. The Kier molecular flexibility index (Phi) is 18.2. The van der Waals surface area contributed by atoms with E-state index in [1.54, 1.807) is 0 Å². The molecule has 0 fully saturated rings. The normalized spacial score (nSPS) is 9.65. The Bertz CT molecular complexity index is 280. The second-order valence-electron chi connectivity index (χ2n) is 5.30. The lowest BCUT2D eigenvalue weighted by atomic mass is 10.1. The molecule has 1 aromatic heterocycles. The molecule has 0 radical (unpaired) electrons. The molecule has 0 saturated carbocycles. The van der Waals surface area contributed by atoms with E-state index in [2.05, 4.69) is 42.1 Å². The van der Waals surface area contributed by atoms with Gasteiger partial charge in [0.15, 0.2) is 12.4 Å². The summed E-state index contributed by atoms with van der Waals surface area (Å²) in [6.45, 7) is 3.46. The number of hydrogen-bond acceptors (Lipinski definition) is 0. The number of hydrogen-bond donors (Lipinski definition) is 0. The summed E-state index contributed by atoms with van der Waals surface area (Å²) in [5, 5.41) is 0. The van der Waals surface area contributed by atoms with E-state index >= 15 is 0 Å². The molecular formula is C17H32BrNO. The summed E-state index contributed by atoms with van der Waals surface area (Å²) in [5.74, 6) is 0. The topological polar surface area (TPSA) is 35.4 Å². The van der Waals surface area contributed by atoms with E-state index in [0.717, 1.165) is 0 Å². The third-order valence-corrected chi connectivity index (χ3v) is 3.55. The number of rotatable bonds is 11. The van der Waals surface area contributed by atoms with Crippen molar-refractivity contribution in [3.8, 4) is 0 Å². The van der Waals surface area contributed by atoms with Crippen LogP contribution >= 0.6 is 0 Å². The lowest BCUT2D eigenvalue weighted by molar-refractivity contribution is -0.697. The van der Waals surface area contributed by atoms with E-state index in [9.17, 15) is 0 Å². The van der Waals surface area contributed by atoms with Gasteiger partial charge in [-0.2, -0.15) is 0 Å². The monoisotopic (exact) mass is 345 g/mol. The van der Waals surface area contributed by atoms with Gasteiger partial charge in [0.1, 0.15) is 6.54 Å². The van der Waals surface area contributed by atoms with Crippen LogP contribution in [-0.4, -0.2) is 5.48 Å². The first kappa shape index (κ1) is 21.9. The van der Waals surface area contributed by atoms with E-state index < -0.39 is 0 Å². The van der Waals surface area contributed by atoms with Gasteiger partial charge in [-0.05, 0) is 6.42 Å². The first-order valence-corrected chi connectivity index (χ1v) is 7.87. The van der Waals surface area contributed by atoms with Crippen molar-refractivity contribution in [1.82, 2.24) is 0 Å². The summed E-state index contributed by atoms with van der Waals surface area (Å²) < 4.78 is 2.28. The highest BCUT2D eigenvalue weighted by Crippen LogP contribution is 2.10. The molecule has 20 heavy (non-hydrogen) atoms. The fourth-order valence-corrected chi connectivity index (χ4v) is 2.37. The summed E-state index contributed by atoms with van der Waals surface area (Å²) in [4.78, 5) is 0. The minimum atomic E-state index is 0. The van der Waals surface area contributed by atoms with Gasteiger partial charge in [-0.3, -0.25) is 0 Å². The second-order valence-corrected chi connectivity index (χ2v) is 5.30. The van der Waals surface area contributed by atoms with Crippen LogP contribution in [0.1, 0.15) is 71.1 Å². The number of aryl methyl sites for hydroxylation is 1. The van der Waals surface area contributed by atoms with Gasteiger partial charge in [0.25, 0.3) is 0 Å². The highest BCUT2D eigenvalue weighted by molar-refractivity contribution is 4.83. The van der Waals surface area contributed by atoms with Gasteiger partial charge in [0, 0.05) is 18.6 Å². The van der Waals surface area contributed by atoms with Crippen LogP contribution < -0.4 is 21.5 Å². The largest absolute Gasteiger partial charge is 1.00 e. The molecule has 0 unspecified atom stereocenters. The van der Waals surface area contributed by atoms with E-state index in [1.165, 1.54) is 70.8 Å². The van der Waals surface area contributed by atoms with Crippen molar-refractivity contribution in [2.24, 2.45) is 0 Å². The van der Waals surface area contributed by atoms with Gasteiger partial charge in [0.2, 0.25) is 0 Å². The van der Waals surface area contributed by atoms with Crippen LogP contribution in [0.25, 0.3) is 0 Å². The Morgan fingerprint density at radius 2 is 1.10 bits per heavy atom. The molecule has 0 aliphatic heterocycles. The Hall–Kier alpha value is -0.410. The first-order valence-electron chi connectivity index (χ1n) is 7.87. The molecule has 1 rings (SSSR count). The van der Waals surface area contributed by atoms with Gasteiger partial charge in [-0.1, -0.05) is 64.4 Å². The van der Waals surface area contributed by atoms with Crippen molar-refractivity contribution in [2.45, 2.75) is 77.7 Å². The number of pyridine rings is 1. The predicted molar refractivity (Wildman–Crippen MR) is 82.1 cm³/mol. The predicted octanol–water partition coefficient (Wildman–Crippen LogP) is 1.07. The molecule has 0 spiro atoms. The summed E-state index contributed by atoms with van der Waals surface area (Å²) in [6.07, 6.45) is 18.5. The van der Waals surface area contributed by atoms with Gasteiger partial charge in [-0.25, -0.2) is 4.57 Å². The van der Waals surface area contributed by atoms with Crippen LogP contribution in [0, 0.1) is 0 Å². The molecule has 118 valence electrons. The number of nitrogens with zero attached hydrogens (tertiary/aromatic N) is 1. The molecule has 0 bridgehead atoms. The van der Waals surface area contributed by atoms with Crippen LogP contribution in [0.4, 0.5) is 0 Å². The van der Waals surface area contributed by atoms with Crippen LogP contribution in [0.15, 0.2) is 30.6 Å². The van der Waals surface area contributed by atoms with Gasteiger partial charge in [-0.15, -0.1) is 0 Å². The minimum absolute atomic E-state index is 0. The molecule has 0 saturated heterocycles. The van der Waals surface area contributed by atoms with E-state index in [1.807, 2.05) is 0 Å². The van der Waals surface area contributed by atoms with Gasteiger partial charge < -0.3 is 22.5 Å². The number of aromatic nitrogens is 1. The van der Waals surface area contributed by atoms with Crippen LogP contribution in [0.3, 0.4) is 0 Å². The number of unbranched alkanes of at least 4 members (excludes halogenated alkanes) is 9. The molecule has 0 amide bonds. The lowest BCUT2D eigenvalue weighted by Gasteiger charge is -2.01. The van der Waals surface area contributed by atoms with Crippen molar-refractivity contribution in [2.75, 3.05) is 0 Å². The summed E-state index contributed by atoms with van der Waals surface area (Å²) in [5.41, 5.74) is 0. The van der Waals surface area contributed by atoms with E-state index in [4.69, 9.17) is 0 Å². The molecular weight excluding hydrogens is 314 g/mol. The standard InChI is InChI=1S/C17H30N.BrH.H2O/c1-2-3-4-5-6-7-8-9-10-12-15-18-16-13-11-14-17-18;;/h11,13-14,16-17H,2-10,12,15H2,1H3;1H;1H2/q+1;;/p-1. The third kappa shape index (κ3) is 12.6. The van der Waals surface area contributed by atoms with Gasteiger partial charge >= 0.3 is 0 Å². The molecule has 2 nitrogen and oxygen atoms in total. The fourth-order valence-electron chi connectivity index (χ4n) is 2.37. The van der Waals surface area contributed by atoms with Crippen molar-refractivity contribution < 1.29 is 27.0 Å². The maximum atomic E-state index is 2.28. The average molecular weight is 346 g/mol. The Labute approximate surface area is 135 Å². The highest BCUT2D eigenvalue weighted by atomic mass is 79.9. The zero-order chi connectivity index (χ0) is 12.9. The average Bonchev–Trinajstić information content (AvgIpc) is 2.42. The van der Waals surface area contributed by atoms with E-state index in [0.29, 0.717) is 0 Å². The fraction of sp³-hybridized carbons (Fsp3) is 0.706. The molecule has 3 heteroatoms. The van der Waals surface area contributed by atoms with Crippen molar-refractivity contribution in [1.29, 1.82) is 0 Å². The smallest absolute Gasteiger partial charge is 0.168 e. The van der Waals surface area contributed by atoms with Crippen molar-refractivity contribution >= 4 is 0 Å². The SMILES string of the molecule is CCCCCCCCCCCC[n+]1ccccc1.O.[Br-]. The Morgan fingerprint density at radius 1 is 0.650 bits per heavy atom. The Balaban J connectivity index is 0. The Morgan fingerprint density at radius 3 is 1.60 bits per heavy atom. The summed E-state index contributed by atoms with van der Waals surface area (Å²) >= 11 is 0. The molecule has 0 aromatic carbocycles. The van der Waals surface area contributed by atoms with Gasteiger partial charge in [0.05, 0.1) is 0 Å². The molecule has 1 aromatic rings. The van der Waals surface area contributed by atoms with Crippen molar-refractivity contribution in [3.63, 3.8) is 0 Å². The highest BCUT2D eigenvalue weighted by Gasteiger charge is 1.97. The molecule has 0 aliphatic carbocycles. The van der Waals surface area contributed by atoms with Crippen LogP contribution in [-0.2, 0) is 6.54 Å². The molecule has 0 aliphatic rings.